The van der Waals surface area contributed by atoms with E-state index in [0.29, 0.717) is 12.8 Å². The number of aliphatic carboxylic acids is 1. The lowest BCUT2D eigenvalue weighted by molar-refractivity contribution is -0.141. The van der Waals surface area contributed by atoms with E-state index in [1.165, 1.54) is 0 Å². The zero-order valence-electron chi connectivity index (χ0n) is 12.2. The molecule has 0 spiro atoms. The second kappa shape index (κ2) is 8.18. The van der Waals surface area contributed by atoms with Crippen LogP contribution >= 0.6 is 0 Å². The van der Waals surface area contributed by atoms with Gasteiger partial charge in [0.25, 0.3) is 0 Å². The third-order valence-electron chi connectivity index (χ3n) is 4.01. The fourth-order valence-electron chi connectivity index (χ4n) is 2.72. The molecular weight excluding hydrogens is 242 g/mol. The molecule has 0 saturated heterocycles. The molecule has 0 unspecified atom stereocenters. The van der Waals surface area contributed by atoms with E-state index < -0.39 is 5.97 Å². The molecule has 4 heteroatoms. The van der Waals surface area contributed by atoms with Crippen LogP contribution in [0.25, 0.3) is 0 Å². The average molecular weight is 269 g/mol. The van der Waals surface area contributed by atoms with E-state index in [1.807, 2.05) is 4.90 Å². The first-order valence-electron chi connectivity index (χ1n) is 7.61. The van der Waals surface area contributed by atoms with Gasteiger partial charge in [-0.3, -0.25) is 9.59 Å². The summed E-state index contributed by atoms with van der Waals surface area (Å²) in [5.74, 6) is -0.933. The number of rotatable bonds is 8. The van der Waals surface area contributed by atoms with Gasteiger partial charge in [0.15, 0.2) is 0 Å². The van der Waals surface area contributed by atoms with Crippen molar-refractivity contribution in [1.29, 1.82) is 0 Å². The van der Waals surface area contributed by atoms with Gasteiger partial charge in [0.05, 0.1) is 5.92 Å². The Hall–Kier alpha value is -1.06. The number of hydrogen-bond acceptors (Lipinski definition) is 2. The summed E-state index contributed by atoms with van der Waals surface area (Å²) >= 11 is 0. The Morgan fingerprint density at radius 2 is 1.58 bits per heavy atom. The summed E-state index contributed by atoms with van der Waals surface area (Å²) in [7, 11) is 0. The summed E-state index contributed by atoms with van der Waals surface area (Å²) in [5.41, 5.74) is 0. The topological polar surface area (TPSA) is 57.6 Å². The van der Waals surface area contributed by atoms with E-state index in [4.69, 9.17) is 5.11 Å². The normalized spacial score (nSPS) is 22.4. The smallest absolute Gasteiger partial charge is 0.306 e. The summed E-state index contributed by atoms with van der Waals surface area (Å²) in [5, 5.41) is 9.01. The lowest BCUT2D eigenvalue weighted by atomic mass is 10.0. The van der Waals surface area contributed by atoms with Crippen molar-refractivity contribution in [2.24, 2.45) is 11.8 Å². The fraction of sp³-hybridized carbons (Fsp3) is 0.867. The second-order valence-electron chi connectivity index (χ2n) is 5.58. The standard InChI is InChI=1S/C15H27NO3/c1-3-5-9-16(10-6-4-2)14(17)12-7-8-13(11-12)15(18)19/h12-13H,3-11H2,1-2H3,(H,18,19)/t12-,13+/m1/s1. The van der Waals surface area contributed by atoms with Gasteiger partial charge in [-0.2, -0.15) is 0 Å². The Labute approximate surface area is 116 Å². The van der Waals surface area contributed by atoms with Crippen molar-refractivity contribution in [2.75, 3.05) is 13.1 Å². The Morgan fingerprint density at radius 1 is 1.05 bits per heavy atom. The Balaban J connectivity index is 2.53. The minimum absolute atomic E-state index is 0.0604. The van der Waals surface area contributed by atoms with Crippen molar-refractivity contribution in [3.8, 4) is 0 Å². The molecule has 1 aliphatic carbocycles. The molecule has 110 valence electrons. The van der Waals surface area contributed by atoms with Gasteiger partial charge in [-0.15, -0.1) is 0 Å². The highest BCUT2D eigenvalue weighted by molar-refractivity contribution is 5.81. The van der Waals surface area contributed by atoms with Crippen LogP contribution in [-0.2, 0) is 9.59 Å². The summed E-state index contributed by atoms with van der Waals surface area (Å²) in [6, 6.07) is 0. The van der Waals surface area contributed by atoms with Gasteiger partial charge in [-0.1, -0.05) is 26.7 Å². The van der Waals surface area contributed by atoms with Crippen molar-refractivity contribution in [3.63, 3.8) is 0 Å². The largest absolute Gasteiger partial charge is 0.481 e. The lowest BCUT2D eigenvalue weighted by Gasteiger charge is -2.25. The molecule has 2 atom stereocenters. The van der Waals surface area contributed by atoms with Crippen LogP contribution in [0.5, 0.6) is 0 Å². The molecule has 0 aromatic rings. The number of unbranched alkanes of at least 4 members (excludes halogenated alkanes) is 2. The Bertz CT molecular complexity index is 296. The van der Waals surface area contributed by atoms with Crippen molar-refractivity contribution < 1.29 is 14.7 Å². The van der Waals surface area contributed by atoms with E-state index >= 15 is 0 Å². The molecule has 1 fully saturated rings. The van der Waals surface area contributed by atoms with Gasteiger partial charge < -0.3 is 10.0 Å². The van der Waals surface area contributed by atoms with Crippen molar-refractivity contribution in [1.82, 2.24) is 4.90 Å². The van der Waals surface area contributed by atoms with Crippen LogP contribution in [0.15, 0.2) is 0 Å². The quantitative estimate of drug-likeness (QED) is 0.737. The third kappa shape index (κ3) is 4.84. The molecule has 0 aromatic heterocycles. The number of amides is 1. The zero-order chi connectivity index (χ0) is 14.3. The van der Waals surface area contributed by atoms with Gasteiger partial charge >= 0.3 is 5.97 Å². The second-order valence-corrected chi connectivity index (χ2v) is 5.58. The lowest BCUT2D eigenvalue weighted by Crippen LogP contribution is -2.37. The molecule has 0 radical (unpaired) electrons. The number of carbonyl (C=O) groups is 2. The SMILES string of the molecule is CCCCN(CCCC)C(=O)[C@@H]1CC[C@H](C(=O)O)C1. The third-order valence-corrected chi connectivity index (χ3v) is 4.01. The maximum absolute atomic E-state index is 12.5. The molecule has 0 aliphatic heterocycles. The van der Waals surface area contributed by atoms with Crippen molar-refractivity contribution >= 4 is 11.9 Å². The molecular formula is C15H27NO3. The highest BCUT2D eigenvalue weighted by Gasteiger charge is 2.35. The minimum Gasteiger partial charge on any atom is -0.481 e. The van der Waals surface area contributed by atoms with E-state index in [9.17, 15) is 9.59 Å². The number of carboxylic acid groups (broad SMARTS) is 1. The highest BCUT2D eigenvalue weighted by Crippen LogP contribution is 2.32. The average Bonchev–Trinajstić information content (AvgIpc) is 2.88. The molecule has 0 heterocycles. The summed E-state index contributed by atoms with van der Waals surface area (Å²) in [4.78, 5) is 25.4. The number of hydrogen-bond donors (Lipinski definition) is 1. The first-order chi connectivity index (χ1) is 9.10. The Kier molecular flexibility index (Phi) is 6.89. The molecule has 1 amide bonds. The van der Waals surface area contributed by atoms with Crippen LogP contribution in [-0.4, -0.2) is 35.0 Å². The van der Waals surface area contributed by atoms with Crippen molar-refractivity contribution in [2.45, 2.75) is 58.8 Å². The van der Waals surface area contributed by atoms with Gasteiger partial charge in [-0.05, 0) is 32.1 Å². The molecule has 0 bridgehead atoms. The van der Waals surface area contributed by atoms with E-state index in [-0.39, 0.29) is 17.7 Å². The van der Waals surface area contributed by atoms with Gasteiger partial charge in [0.1, 0.15) is 0 Å². The maximum Gasteiger partial charge on any atom is 0.306 e. The molecule has 0 aromatic carbocycles. The number of nitrogens with zero attached hydrogens (tertiary/aromatic N) is 1. The summed E-state index contributed by atoms with van der Waals surface area (Å²) in [6.07, 6.45) is 6.15. The zero-order valence-corrected chi connectivity index (χ0v) is 12.2. The maximum atomic E-state index is 12.5. The molecule has 1 saturated carbocycles. The van der Waals surface area contributed by atoms with Crippen LogP contribution in [0, 0.1) is 11.8 Å². The van der Waals surface area contributed by atoms with E-state index in [0.717, 1.165) is 45.2 Å². The minimum atomic E-state index is -0.746. The fourth-order valence-corrected chi connectivity index (χ4v) is 2.72. The van der Waals surface area contributed by atoms with Gasteiger partial charge in [0, 0.05) is 19.0 Å². The molecule has 1 rings (SSSR count). The Morgan fingerprint density at radius 3 is 2.00 bits per heavy atom. The van der Waals surface area contributed by atoms with E-state index in [2.05, 4.69) is 13.8 Å². The van der Waals surface area contributed by atoms with E-state index in [1.54, 1.807) is 0 Å². The van der Waals surface area contributed by atoms with Gasteiger partial charge in [-0.25, -0.2) is 0 Å². The van der Waals surface area contributed by atoms with Crippen LogP contribution in [0.2, 0.25) is 0 Å². The van der Waals surface area contributed by atoms with Crippen LogP contribution in [0.3, 0.4) is 0 Å². The monoisotopic (exact) mass is 269 g/mol. The van der Waals surface area contributed by atoms with Crippen LogP contribution in [0.1, 0.15) is 58.8 Å². The summed E-state index contributed by atoms with van der Waals surface area (Å²) < 4.78 is 0. The predicted octanol–water partition coefficient (Wildman–Crippen LogP) is 2.92. The predicted molar refractivity (Wildman–Crippen MR) is 74.9 cm³/mol. The first-order valence-corrected chi connectivity index (χ1v) is 7.61. The van der Waals surface area contributed by atoms with Gasteiger partial charge in [0.2, 0.25) is 5.91 Å². The van der Waals surface area contributed by atoms with Crippen molar-refractivity contribution in [3.05, 3.63) is 0 Å². The molecule has 1 N–H and O–H groups in total. The van der Waals surface area contributed by atoms with Crippen LogP contribution in [0.4, 0.5) is 0 Å². The molecule has 1 aliphatic rings. The number of carboxylic acids is 1. The summed E-state index contributed by atoms with van der Waals surface area (Å²) in [6.45, 7) is 5.89. The highest BCUT2D eigenvalue weighted by atomic mass is 16.4. The van der Waals surface area contributed by atoms with Crippen LogP contribution < -0.4 is 0 Å². The molecule has 4 nitrogen and oxygen atoms in total. The number of carbonyl (C=O) groups excluding carboxylic acids is 1. The molecule has 19 heavy (non-hydrogen) atoms. The first kappa shape index (κ1) is 16.0.